The fraction of sp³-hybridized carbons (Fsp3) is 0.846. The second-order valence-electron chi connectivity index (χ2n) is 11.5. The van der Waals surface area contributed by atoms with Gasteiger partial charge >= 0.3 is 5.97 Å². The minimum Gasteiger partial charge on any atom is -0.457 e. The first-order valence-electron chi connectivity index (χ1n) is 12.5. The summed E-state index contributed by atoms with van der Waals surface area (Å²) in [6.45, 7) is 7.66. The van der Waals surface area contributed by atoms with Crippen LogP contribution in [-0.2, 0) is 14.3 Å². The van der Waals surface area contributed by atoms with Crippen molar-refractivity contribution < 1.29 is 14.3 Å². The maximum absolute atomic E-state index is 12.5. The zero-order valence-electron chi connectivity index (χ0n) is 19.0. The Morgan fingerprint density at radius 2 is 1.87 bits per heavy atom. The number of fused-ring (bicyclic) bond motifs is 5. The minimum atomic E-state index is -0.0972. The highest BCUT2D eigenvalue weighted by molar-refractivity contribution is 5.79. The Labute approximate surface area is 181 Å². The van der Waals surface area contributed by atoms with Crippen LogP contribution in [0, 0.1) is 34.5 Å². The van der Waals surface area contributed by atoms with E-state index in [4.69, 9.17) is 4.74 Å². The summed E-state index contributed by atoms with van der Waals surface area (Å²) in [6, 6.07) is -0.0972. The summed E-state index contributed by atoms with van der Waals surface area (Å²) in [5.74, 6) is 2.85. The Balaban J connectivity index is 1.32. The number of carbonyl (C=O) groups is 2. The van der Waals surface area contributed by atoms with Gasteiger partial charge in [0.05, 0.1) is 0 Å². The van der Waals surface area contributed by atoms with E-state index >= 15 is 0 Å². The molecule has 4 fully saturated rings. The van der Waals surface area contributed by atoms with Gasteiger partial charge in [-0.1, -0.05) is 19.4 Å². The lowest BCUT2D eigenvalue weighted by molar-refractivity contribution is -0.150. The average molecular weight is 414 g/mol. The maximum atomic E-state index is 12.5. The molecule has 4 aliphatic carbocycles. The van der Waals surface area contributed by atoms with E-state index in [1.165, 1.54) is 25.7 Å². The molecule has 166 valence electrons. The Bertz CT molecular complexity index is 753. The zero-order chi connectivity index (χ0) is 21.1. The number of ketones is 1. The molecule has 0 aromatic heterocycles. The minimum absolute atomic E-state index is 0.0399. The molecule has 0 radical (unpaired) electrons. The number of rotatable bonds is 3. The molecule has 4 nitrogen and oxygen atoms in total. The van der Waals surface area contributed by atoms with Gasteiger partial charge in [0.25, 0.3) is 0 Å². The van der Waals surface area contributed by atoms with E-state index in [0.717, 1.165) is 56.9 Å². The number of hydrogen-bond acceptors (Lipinski definition) is 4. The van der Waals surface area contributed by atoms with E-state index < -0.39 is 0 Å². The van der Waals surface area contributed by atoms with E-state index in [9.17, 15) is 9.59 Å². The van der Waals surface area contributed by atoms with Gasteiger partial charge in [-0.15, -0.1) is 0 Å². The van der Waals surface area contributed by atoms with Crippen molar-refractivity contribution in [2.45, 2.75) is 97.1 Å². The number of Topliss-reactive ketones (excluding diaryl/α,β-unsaturated/α-hetero) is 1. The second kappa shape index (κ2) is 7.46. The summed E-state index contributed by atoms with van der Waals surface area (Å²) in [7, 11) is 0. The van der Waals surface area contributed by atoms with Crippen molar-refractivity contribution in [2.75, 3.05) is 6.54 Å². The molecule has 1 saturated heterocycles. The molecule has 0 aromatic carbocycles. The van der Waals surface area contributed by atoms with E-state index in [1.54, 1.807) is 5.57 Å². The van der Waals surface area contributed by atoms with Gasteiger partial charge in [0.2, 0.25) is 0 Å². The largest absolute Gasteiger partial charge is 0.457 e. The molecule has 5 rings (SSSR count). The molecular weight excluding hydrogens is 374 g/mol. The third-order valence-electron chi connectivity index (χ3n) is 10.2. The first-order valence-corrected chi connectivity index (χ1v) is 12.5. The summed E-state index contributed by atoms with van der Waals surface area (Å²) < 4.78 is 5.92. The monoisotopic (exact) mass is 413 g/mol. The predicted molar refractivity (Wildman–Crippen MR) is 117 cm³/mol. The fourth-order valence-corrected chi connectivity index (χ4v) is 8.57. The van der Waals surface area contributed by atoms with Crippen LogP contribution in [0.4, 0.5) is 0 Å². The quantitative estimate of drug-likeness (QED) is 0.532. The molecule has 5 aliphatic rings. The molecule has 0 spiro atoms. The third kappa shape index (κ3) is 3.12. The summed E-state index contributed by atoms with van der Waals surface area (Å²) >= 11 is 0. The molecule has 0 aromatic rings. The van der Waals surface area contributed by atoms with Crippen LogP contribution in [0.15, 0.2) is 11.6 Å². The molecule has 3 saturated carbocycles. The number of esters is 1. The van der Waals surface area contributed by atoms with Gasteiger partial charge in [0.15, 0.2) is 0 Å². The molecule has 0 amide bonds. The molecule has 4 heteroatoms. The van der Waals surface area contributed by atoms with Crippen LogP contribution in [0.25, 0.3) is 0 Å². The lowest BCUT2D eigenvalue weighted by atomic mass is 9.46. The number of allylic oxidation sites excluding steroid dienone is 1. The van der Waals surface area contributed by atoms with Gasteiger partial charge < -0.3 is 10.1 Å². The molecule has 1 aliphatic heterocycles. The predicted octanol–water partition coefficient (Wildman–Crippen LogP) is 4.82. The van der Waals surface area contributed by atoms with Crippen molar-refractivity contribution in [3.05, 3.63) is 11.6 Å². The lowest BCUT2D eigenvalue weighted by Gasteiger charge is -2.58. The highest BCUT2D eigenvalue weighted by Crippen LogP contribution is 2.66. The first-order chi connectivity index (χ1) is 14.3. The molecule has 1 heterocycles. The molecule has 8 atom stereocenters. The average Bonchev–Trinajstić information content (AvgIpc) is 3.35. The van der Waals surface area contributed by atoms with Gasteiger partial charge in [0, 0.05) is 5.92 Å². The van der Waals surface area contributed by atoms with Crippen LogP contribution in [0.2, 0.25) is 0 Å². The topological polar surface area (TPSA) is 55.4 Å². The number of nitrogens with one attached hydrogen (secondary N) is 1. The standard InChI is InChI=1S/C26H39NO3/c1-16(28)20-8-9-21-19-7-6-17-15-18(30-24(29)23-5-4-14-27-23)10-12-25(17,2)22(19)11-13-26(20,21)3/h15,18-23,27H,4-14H2,1-3H3/t18-,19?,20+,21?,22?,23?,25-,26+/m0/s1. The van der Waals surface area contributed by atoms with Crippen LogP contribution in [-0.4, -0.2) is 30.4 Å². The van der Waals surface area contributed by atoms with Crippen molar-refractivity contribution >= 4 is 11.8 Å². The number of carbonyl (C=O) groups excluding carboxylic acids is 2. The summed E-state index contributed by atoms with van der Waals surface area (Å²) in [5, 5.41) is 3.26. The van der Waals surface area contributed by atoms with E-state index in [2.05, 4.69) is 25.2 Å². The van der Waals surface area contributed by atoms with E-state index in [-0.39, 0.29) is 34.9 Å². The van der Waals surface area contributed by atoms with Crippen molar-refractivity contribution in [2.24, 2.45) is 34.5 Å². The van der Waals surface area contributed by atoms with Crippen LogP contribution >= 0.6 is 0 Å². The molecule has 1 N–H and O–H groups in total. The van der Waals surface area contributed by atoms with Gasteiger partial charge in [-0.05, 0) is 112 Å². The van der Waals surface area contributed by atoms with Gasteiger partial charge in [-0.2, -0.15) is 0 Å². The van der Waals surface area contributed by atoms with Crippen molar-refractivity contribution in [3.8, 4) is 0 Å². The van der Waals surface area contributed by atoms with Crippen molar-refractivity contribution in [3.63, 3.8) is 0 Å². The summed E-state index contributed by atoms with van der Waals surface area (Å²) in [6.07, 6.45) is 13.6. The fourth-order valence-electron chi connectivity index (χ4n) is 8.57. The summed E-state index contributed by atoms with van der Waals surface area (Å²) in [4.78, 5) is 24.8. The van der Waals surface area contributed by atoms with Crippen LogP contribution in [0.1, 0.15) is 85.0 Å². The molecule has 0 bridgehead atoms. The maximum Gasteiger partial charge on any atom is 0.323 e. The Hall–Kier alpha value is -1.16. The SMILES string of the molecule is CC(=O)[C@H]1CCC2C3CCC4=C[C@@H](OC(=O)C5CCCN5)CC[C@]4(C)C3CC[C@@]21C. The molecule has 30 heavy (non-hydrogen) atoms. The number of hydrogen-bond donors (Lipinski definition) is 1. The van der Waals surface area contributed by atoms with Crippen LogP contribution in [0.3, 0.4) is 0 Å². The van der Waals surface area contributed by atoms with E-state index in [1.807, 2.05) is 6.92 Å². The normalized spacial score (nSPS) is 47.6. The van der Waals surface area contributed by atoms with E-state index in [0.29, 0.717) is 11.7 Å². The number of ether oxygens (including phenoxy) is 1. The third-order valence-corrected chi connectivity index (χ3v) is 10.2. The van der Waals surface area contributed by atoms with Gasteiger partial charge in [0.1, 0.15) is 17.9 Å². The Kier molecular flexibility index (Phi) is 5.16. The Morgan fingerprint density at radius 3 is 2.60 bits per heavy atom. The van der Waals surface area contributed by atoms with Crippen LogP contribution in [0.5, 0.6) is 0 Å². The zero-order valence-corrected chi connectivity index (χ0v) is 19.0. The molecule has 4 unspecified atom stereocenters. The second-order valence-corrected chi connectivity index (χ2v) is 11.5. The van der Waals surface area contributed by atoms with Crippen molar-refractivity contribution in [1.82, 2.24) is 5.32 Å². The highest BCUT2D eigenvalue weighted by Gasteiger charge is 2.59. The van der Waals surface area contributed by atoms with Gasteiger partial charge in [-0.25, -0.2) is 0 Å². The Morgan fingerprint density at radius 1 is 1.03 bits per heavy atom. The first kappa shape index (κ1) is 20.7. The van der Waals surface area contributed by atoms with Gasteiger partial charge in [-0.3, -0.25) is 9.59 Å². The summed E-state index contributed by atoms with van der Waals surface area (Å²) in [5.41, 5.74) is 2.04. The smallest absolute Gasteiger partial charge is 0.323 e. The van der Waals surface area contributed by atoms with Crippen LogP contribution < -0.4 is 5.32 Å². The molecular formula is C26H39NO3. The highest BCUT2D eigenvalue weighted by atomic mass is 16.5. The van der Waals surface area contributed by atoms with Crippen molar-refractivity contribution in [1.29, 1.82) is 0 Å². The lowest BCUT2D eigenvalue weighted by Crippen LogP contribution is -2.51.